The number of amides is 2. The molecule has 12 heteroatoms. The van der Waals surface area contributed by atoms with Crippen molar-refractivity contribution in [2.45, 2.75) is 70.1 Å². The molecule has 1 saturated carbocycles. The lowest BCUT2D eigenvalue weighted by molar-refractivity contribution is -0.125. The largest absolute Gasteiger partial charge is 0.460 e. The molecule has 0 unspecified atom stereocenters. The second-order valence-electron chi connectivity index (χ2n) is 11.3. The van der Waals surface area contributed by atoms with Crippen LogP contribution in [-0.2, 0) is 9.53 Å². The molecule has 2 amide bonds. The SMILES string of the molecule is CC(C)c1cnn2c(NC3CCN(C(=O)O[C@H]4CCN(C(=O)/C=C/CN(C)C)C4)CC3)nc(OC3CC3)nc12. The molecule has 12 nitrogen and oxygen atoms in total. The van der Waals surface area contributed by atoms with Crippen molar-refractivity contribution in [3.8, 4) is 6.01 Å². The standard InChI is InChI=1S/C27H40N8O4/c1-18(2)22-16-28-35-24(22)30-26(38-20-7-8-20)31-25(35)29-19-9-13-33(14-10-19)27(37)39-21-11-15-34(17-21)23(36)6-5-12-32(3)4/h5-6,16,18-21H,7-15,17H2,1-4H3,(H,29,30,31)/b6-5+/t21-/m0/s1. The van der Waals surface area contributed by atoms with Gasteiger partial charge in [-0.15, -0.1) is 0 Å². The number of carbonyl (C=O) groups is 2. The number of nitrogens with one attached hydrogen (secondary N) is 1. The highest BCUT2D eigenvalue weighted by molar-refractivity contribution is 5.87. The van der Waals surface area contributed by atoms with Gasteiger partial charge in [-0.25, -0.2) is 4.79 Å². The molecular formula is C27H40N8O4. The normalized spacial score (nSPS) is 20.5. The van der Waals surface area contributed by atoms with Crippen LogP contribution in [0.25, 0.3) is 5.65 Å². The van der Waals surface area contributed by atoms with Crippen LogP contribution in [0, 0.1) is 0 Å². The predicted octanol–water partition coefficient (Wildman–Crippen LogP) is 2.52. The second-order valence-corrected chi connectivity index (χ2v) is 11.3. The minimum Gasteiger partial charge on any atom is -0.460 e. The summed E-state index contributed by atoms with van der Waals surface area (Å²) in [6.07, 6.45) is 9.15. The van der Waals surface area contributed by atoms with Gasteiger partial charge in [-0.05, 0) is 45.7 Å². The van der Waals surface area contributed by atoms with E-state index in [0.717, 1.165) is 36.9 Å². The van der Waals surface area contributed by atoms with E-state index < -0.39 is 0 Å². The molecule has 5 rings (SSSR count). The summed E-state index contributed by atoms with van der Waals surface area (Å²) >= 11 is 0. The van der Waals surface area contributed by atoms with E-state index in [1.54, 1.807) is 20.4 Å². The number of likely N-dealkylation sites (tertiary alicyclic amines) is 2. The first-order chi connectivity index (χ1) is 18.8. The summed E-state index contributed by atoms with van der Waals surface area (Å²) in [7, 11) is 3.91. The van der Waals surface area contributed by atoms with E-state index >= 15 is 0 Å². The Labute approximate surface area is 229 Å². The van der Waals surface area contributed by atoms with Crippen LogP contribution in [0.15, 0.2) is 18.3 Å². The molecule has 2 aliphatic heterocycles. The van der Waals surface area contributed by atoms with Crippen molar-refractivity contribution in [3.63, 3.8) is 0 Å². The van der Waals surface area contributed by atoms with Gasteiger partial charge in [0.2, 0.25) is 11.9 Å². The summed E-state index contributed by atoms with van der Waals surface area (Å²) in [5.74, 6) is 0.848. The van der Waals surface area contributed by atoms with Gasteiger partial charge in [-0.2, -0.15) is 19.6 Å². The average Bonchev–Trinajstić information content (AvgIpc) is 3.40. The van der Waals surface area contributed by atoms with Gasteiger partial charge in [0.15, 0.2) is 5.65 Å². The lowest BCUT2D eigenvalue weighted by Crippen LogP contribution is -2.44. The fourth-order valence-corrected chi connectivity index (χ4v) is 4.86. The minimum absolute atomic E-state index is 0.0375. The van der Waals surface area contributed by atoms with Crippen molar-refractivity contribution in [1.82, 2.24) is 34.3 Å². The van der Waals surface area contributed by atoms with E-state index in [1.807, 2.05) is 31.3 Å². The highest BCUT2D eigenvalue weighted by Crippen LogP contribution is 2.28. The number of likely N-dealkylation sites (N-methyl/N-ethyl adjacent to an activating group) is 1. The van der Waals surface area contributed by atoms with E-state index in [0.29, 0.717) is 51.1 Å². The summed E-state index contributed by atoms with van der Waals surface area (Å²) in [6, 6.07) is 0.509. The third-order valence-corrected chi connectivity index (χ3v) is 7.33. The maximum absolute atomic E-state index is 12.8. The first kappa shape index (κ1) is 27.2. The zero-order valence-corrected chi connectivity index (χ0v) is 23.4. The Kier molecular flexibility index (Phi) is 8.20. The Morgan fingerprint density at radius 2 is 1.82 bits per heavy atom. The zero-order valence-electron chi connectivity index (χ0n) is 23.4. The van der Waals surface area contributed by atoms with Gasteiger partial charge in [-0.1, -0.05) is 19.9 Å². The first-order valence-electron chi connectivity index (χ1n) is 14.0. The van der Waals surface area contributed by atoms with Crippen LogP contribution in [0.5, 0.6) is 6.01 Å². The maximum atomic E-state index is 12.8. The molecule has 0 aromatic carbocycles. The number of nitrogens with zero attached hydrogens (tertiary/aromatic N) is 7. The molecule has 3 aliphatic rings. The van der Waals surface area contributed by atoms with Gasteiger partial charge in [0.05, 0.1) is 12.7 Å². The van der Waals surface area contributed by atoms with Crippen LogP contribution in [0.2, 0.25) is 0 Å². The fraction of sp³-hybridized carbons (Fsp3) is 0.667. The highest BCUT2D eigenvalue weighted by Gasteiger charge is 2.32. The van der Waals surface area contributed by atoms with Crippen LogP contribution in [0.4, 0.5) is 10.7 Å². The predicted molar refractivity (Wildman–Crippen MR) is 146 cm³/mol. The molecule has 212 valence electrons. The van der Waals surface area contributed by atoms with E-state index in [-0.39, 0.29) is 36.2 Å². The summed E-state index contributed by atoms with van der Waals surface area (Å²) in [5, 5.41) is 8.06. The smallest absolute Gasteiger partial charge is 0.410 e. The number of piperidine rings is 1. The van der Waals surface area contributed by atoms with Crippen molar-refractivity contribution in [1.29, 1.82) is 0 Å². The molecule has 3 fully saturated rings. The Hall–Kier alpha value is -3.41. The average molecular weight is 541 g/mol. The second kappa shape index (κ2) is 11.8. The monoisotopic (exact) mass is 540 g/mol. The Balaban J connectivity index is 1.13. The van der Waals surface area contributed by atoms with Crippen molar-refractivity contribution in [3.05, 3.63) is 23.9 Å². The number of aromatic nitrogens is 4. The van der Waals surface area contributed by atoms with Crippen molar-refractivity contribution < 1.29 is 19.1 Å². The molecule has 39 heavy (non-hydrogen) atoms. The van der Waals surface area contributed by atoms with Crippen LogP contribution >= 0.6 is 0 Å². The number of rotatable bonds is 9. The van der Waals surface area contributed by atoms with Gasteiger partial charge < -0.3 is 29.5 Å². The molecule has 2 aromatic heterocycles. The molecule has 2 saturated heterocycles. The number of fused-ring (bicyclic) bond motifs is 1. The highest BCUT2D eigenvalue weighted by atomic mass is 16.6. The van der Waals surface area contributed by atoms with Gasteiger partial charge in [0.25, 0.3) is 0 Å². The molecule has 4 heterocycles. The van der Waals surface area contributed by atoms with E-state index in [4.69, 9.17) is 9.47 Å². The molecule has 0 spiro atoms. The molecule has 0 bridgehead atoms. The van der Waals surface area contributed by atoms with Crippen LogP contribution < -0.4 is 10.1 Å². The number of hydrogen-bond acceptors (Lipinski definition) is 9. The van der Waals surface area contributed by atoms with Crippen molar-refractivity contribution in [2.75, 3.05) is 52.1 Å². The quantitative estimate of drug-likeness (QED) is 0.479. The van der Waals surface area contributed by atoms with Crippen LogP contribution in [0.1, 0.15) is 57.4 Å². The van der Waals surface area contributed by atoms with Gasteiger partial charge in [0, 0.05) is 50.3 Å². The van der Waals surface area contributed by atoms with Crippen molar-refractivity contribution in [2.24, 2.45) is 0 Å². The van der Waals surface area contributed by atoms with Crippen LogP contribution in [-0.4, -0.2) is 111 Å². The van der Waals surface area contributed by atoms with E-state index in [2.05, 4.69) is 34.2 Å². The molecular weight excluding hydrogens is 500 g/mol. The minimum atomic E-state index is -0.311. The third-order valence-electron chi connectivity index (χ3n) is 7.33. The van der Waals surface area contributed by atoms with Crippen molar-refractivity contribution >= 4 is 23.6 Å². The van der Waals surface area contributed by atoms with E-state index in [1.165, 1.54) is 0 Å². The van der Waals surface area contributed by atoms with E-state index in [9.17, 15) is 9.59 Å². The van der Waals surface area contributed by atoms with Gasteiger partial charge >= 0.3 is 12.1 Å². The molecule has 0 radical (unpaired) electrons. The topological polar surface area (TPSA) is 117 Å². The Morgan fingerprint density at radius 3 is 2.51 bits per heavy atom. The zero-order chi connectivity index (χ0) is 27.5. The Bertz CT molecular complexity index is 1200. The maximum Gasteiger partial charge on any atom is 0.410 e. The number of ether oxygens (including phenoxy) is 2. The summed E-state index contributed by atoms with van der Waals surface area (Å²) in [4.78, 5) is 40.0. The van der Waals surface area contributed by atoms with Crippen LogP contribution in [0.3, 0.4) is 0 Å². The lowest BCUT2D eigenvalue weighted by atomic mass is 10.1. The van der Waals surface area contributed by atoms with Gasteiger partial charge in [-0.3, -0.25) is 4.79 Å². The fourth-order valence-electron chi connectivity index (χ4n) is 4.86. The molecule has 1 aliphatic carbocycles. The third kappa shape index (κ3) is 6.78. The molecule has 1 atom stereocenters. The Morgan fingerprint density at radius 1 is 1.08 bits per heavy atom. The number of carbonyl (C=O) groups excluding carboxylic acids is 2. The number of hydrogen-bond donors (Lipinski definition) is 1. The lowest BCUT2D eigenvalue weighted by Gasteiger charge is -2.32. The molecule has 2 aromatic rings. The van der Waals surface area contributed by atoms with Gasteiger partial charge in [0.1, 0.15) is 12.2 Å². The summed E-state index contributed by atoms with van der Waals surface area (Å²) in [6.45, 7) is 7.14. The number of anilines is 1. The molecule has 1 N–H and O–H groups in total. The summed E-state index contributed by atoms with van der Waals surface area (Å²) in [5.41, 5.74) is 1.81. The summed E-state index contributed by atoms with van der Waals surface area (Å²) < 4.78 is 13.4. The first-order valence-corrected chi connectivity index (χ1v) is 14.0.